The van der Waals surface area contributed by atoms with Gasteiger partial charge < -0.3 is 10.6 Å². The minimum atomic E-state index is -0.518. The van der Waals surface area contributed by atoms with Gasteiger partial charge >= 0.3 is 0 Å². The molecule has 0 aliphatic carbocycles. The number of hydrogen-bond donors (Lipinski definition) is 2. The van der Waals surface area contributed by atoms with Gasteiger partial charge in [-0.25, -0.2) is 0 Å². The number of carbonyl (C=O) groups excluding carboxylic acids is 2. The molecule has 0 saturated heterocycles. The minimum absolute atomic E-state index is 0.0291. The molecule has 5 heteroatoms. The maximum atomic E-state index is 12.0. The Kier molecular flexibility index (Phi) is 6.11. The molecule has 0 spiro atoms. The number of nitrogens with zero attached hydrogens (tertiary/aromatic N) is 1. The van der Waals surface area contributed by atoms with Crippen LogP contribution in [-0.4, -0.2) is 24.4 Å². The summed E-state index contributed by atoms with van der Waals surface area (Å²) in [5.41, 5.74) is 1.68. The first-order valence-corrected chi connectivity index (χ1v) is 7.35. The molecule has 0 heterocycles. The van der Waals surface area contributed by atoms with Crippen LogP contribution in [0.15, 0.2) is 24.3 Å². The van der Waals surface area contributed by atoms with Crippen molar-refractivity contribution < 1.29 is 9.59 Å². The molecule has 0 fully saturated rings. The summed E-state index contributed by atoms with van der Waals surface area (Å²) < 4.78 is 0. The van der Waals surface area contributed by atoms with Crippen molar-refractivity contribution in [2.45, 2.75) is 45.6 Å². The van der Waals surface area contributed by atoms with Crippen molar-refractivity contribution in [3.8, 4) is 6.07 Å². The fourth-order valence-electron chi connectivity index (χ4n) is 1.86. The Hall–Kier alpha value is -2.35. The van der Waals surface area contributed by atoms with E-state index < -0.39 is 6.04 Å². The van der Waals surface area contributed by atoms with Gasteiger partial charge in [-0.3, -0.25) is 9.59 Å². The number of rotatable bonds is 5. The first kappa shape index (κ1) is 17.7. The maximum absolute atomic E-state index is 12.0. The topological polar surface area (TPSA) is 82.0 Å². The molecule has 0 radical (unpaired) electrons. The van der Waals surface area contributed by atoms with Crippen LogP contribution >= 0.6 is 0 Å². The van der Waals surface area contributed by atoms with Gasteiger partial charge in [0.15, 0.2) is 0 Å². The van der Waals surface area contributed by atoms with Crippen LogP contribution in [0.5, 0.6) is 0 Å². The normalized spacial score (nSPS) is 12.1. The van der Waals surface area contributed by atoms with E-state index in [4.69, 9.17) is 5.26 Å². The average molecular weight is 301 g/mol. The van der Waals surface area contributed by atoms with Crippen LogP contribution in [0.3, 0.4) is 0 Å². The third kappa shape index (κ3) is 5.21. The molecule has 1 rings (SSSR count). The van der Waals surface area contributed by atoms with Gasteiger partial charge in [-0.05, 0) is 29.5 Å². The standard InChI is InChI=1S/C17H23N3O2/c1-5-14(10-18)20-15(21)11-19-16(22)12-6-8-13(9-7-12)17(2,3)4/h6-9,14H,5,11H2,1-4H3,(H,19,22)(H,20,21)/t14-/m0/s1. The lowest BCUT2D eigenvalue weighted by Gasteiger charge is -2.19. The molecule has 0 aliphatic rings. The second-order valence-corrected chi connectivity index (χ2v) is 6.17. The van der Waals surface area contributed by atoms with Gasteiger partial charge in [0.05, 0.1) is 12.6 Å². The zero-order valence-electron chi connectivity index (χ0n) is 13.6. The van der Waals surface area contributed by atoms with Gasteiger partial charge in [-0.1, -0.05) is 39.8 Å². The van der Waals surface area contributed by atoms with Crippen molar-refractivity contribution in [3.05, 3.63) is 35.4 Å². The second kappa shape index (κ2) is 7.60. The van der Waals surface area contributed by atoms with E-state index in [0.717, 1.165) is 5.56 Å². The number of nitriles is 1. The fourth-order valence-corrected chi connectivity index (χ4v) is 1.86. The molecule has 1 aromatic rings. The van der Waals surface area contributed by atoms with Gasteiger partial charge in [-0.2, -0.15) is 5.26 Å². The van der Waals surface area contributed by atoms with Gasteiger partial charge in [0.1, 0.15) is 6.04 Å². The lowest BCUT2D eigenvalue weighted by atomic mass is 9.87. The molecule has 2 N–H and O–H groups in total. The highest BCUT2D eigenvalue weighted by molar-refractivity contribution is 5.96. The summed E-state index contributed by atoms with van der Waals surface area (Å²) in [7, 11) is 0. The number of nitrogens with one attached hydrogen (secondary N) is 2. The predicted molar refractivity (Wildman–Crippen MR) is 85.3 cm³/mol. The van der Waals surface area contributed by atoms with Crippen LogP contribution in [0.25, 0.3) is 0 Å². The molecule has 22 heavy (non-hydrogen) atoms. The molecular formula is C17H23N3O2. The Bertz CT molecular complexity index is 565. The number of hydrogen-bond acceptors (Lipinski definition) is 3. The third-order valence-corrected chi connectivity index (χ3v) is 3.32. The smallest absolute Gasteiger partial charge is 0.251 e. The Labute approximate surface area is 131 Å². The Morgan fingerprint density at radius 1 is 1.23 bits per heavy atom. The van der Waals surface area contributed by atoms with E-state index in [1.54, 1.807) is 12.1 Å². The molecule has 118 valence electrons. The summed E-state index contributed by atoms with van der Waals surface area (Å²) in [4.78, 5) is 23.6. The van der Waals surface area contributed by atoms with Crippen molar-refractivity contribution in [2.24, 2.45) is 0 Å². The molecule has 0 saturated carbocycles. The van der Waals surface area contributed by atoms with Gasteiger partial charge in [0.25, 0.3) is 5.91 Å². The van der Waals surface area contributed by atoms with Gasteiger partial charge in [0, 0.05) is 5.56 Å². The maximum Gasteiger partial charge on any atom is 0.251 e. The van der Waals surface area contributed by atoms with Crippen LogP contribution in [0.2, 0.25) is 0 Å². The van der Waals surface area contributed by atoms with E-state index in [1.807, 2.05) is 25.1 Å². The summed E-state index contributed by atoms with van der Waals surface area (Å²) >= 11 is 0. The summed E-state index contributed by atoms with van der Waals surface area (Å²) in [5.74, 6) is -0.673. The number of benzene rings is 1. The zero-order chi connectivity index (χ0) is 16.8. The number of amides is 2. The second-order valence-electron chi connectivity index (χ2n) is 6.17. The molecule has 1 aromatic carbocycles. The van der Waals surface area contributed by atoms with Crippen LogP contribution < -0.4 is 10.6 Å². The first-order valence-electron chi connectivity index (χ1n) is 7.35. The monoisotopic (exact) mass is 301 g/mol. The molecule has 5 nitrogen and oxygen atoms in total. The van der Waals surface area contributed by atoms with Crippen molar-refractivity contribution in [3.63, 3.8) is 0 Å². The average Bonchev–Trinajstić information content (AvgIpc) is 2.49. The van der Waals surface area contributed by atoms with E-state index in [9.17, 15) is 9.59 Å². The molecule has 0 aromatic heterocycles. The highest BCUT2D eigenvalue weighted by atomic mass is 16.2. The van der Waals surface area contributed by atoms with E-state index in [-0.39, 0.29) is 23.8 Å². The lowest BCUT2D eigenvalue weighted by Crippen LogP contribution is -2.41. The number of carbonyl (C=O) groups is 2. The van der Waals surface area contributed by atoms with Crippen molar-refractivity contribution in [1.82, 2.24) is 10.6 Å². The van der Waals surface area contributed by atoms with E-state index in [1.165, 1.54) is 0 Å². The highest BCUT2D eigenvalue weighted by Gasteiger charge is 2.15. The zero-order valence-corrected chi connectivity index (χ0v) is 13.6. The van der Waals surface area contributed by atoms with Crippen LogP contribution in [0.1, 0.15) is 50.0 Å². The van der Waals surface area contributed by atoms with Gasteiger partial charge in [-0.15, -0.1) is 0 Å². The third-order valence-electron chi connectivity index (χ3n) is 3.32. The largest absolute Gasteiger partial charge is 0.343 e. The fraction of sp³-hybridized carbons (Fsp3) is 0.471. The quantitative estimate of drug-likeness (QED) is 0.874. The molecular weight excluding hydrogens is 278 g/mol. The lowest BCUT2D eigenvalue weighted by molar-refractivity contribution is -0.120. The first-order chi connectivity index (χ1) is 10.3. The highest BCUT2D eigenvalue weighted by Crippen LogP contribution is 2.22. The van der Waals surface area contributed by atoms with E-state index >= 15 is 0 Å². The van der Waals surface area contributed by atoms with Crippen molar-refractivity contribution in [1.29, 1.82) is 5.26 Å². The van der Waals surface area contributed by atoms with Crippen LogP contribution in [0.4, 0.5) is 0 Å². The SMILES string of the molecule is CC[C@@H](C#N)NC(=O)CNC(=O)c1ccc(C(C)(C)C)cc1. The van der Waals surface area contributed by atoms with Gasteiger partial charge in [0.2, 0.25) is 5.91 Å². The summed E-state index contributed by atoms with van der Waals surface area (Å²) in [6.07, 6.45) is 0.532. The molecule has 1 atom stereocenters. The summed E-state index contributed by atoms with van der Waals surface area (Å²) in [6.45, 7) is 7.98. The Morgan fingerprint density at radius 2 is 1.82 bits per heavy atom. The molecule has 0 bridgehead atoms. The Morgan fingerprint density at radius 3 is 2.27 bits per heavy atom. The van der Waals surface area contributed by atoms with Crippen molar-refractivity contribution >= 4 is 11.8 Å². The van der Waals surface area contributed by atoms with Crippen molar-refractivity contribution in [2.75, 3.05) is 6.54 Å². The predicted octanol–water partition coefficient (Wildman–Crippen LogP) is 2.13. The van der Waals surface area contributed by atoms with Crippen LogP contribution in [-0.2, 0) is 10.2 Å². The minimum Gasteiger partial charge on any atom is -0.343 e. The molecule has 0 aliphatic heterocycles. The van der Waals surface area contributed by atoms with E-state index in [0.29, 0.717) is 12.0 Å². The summed E-state index contributed by atoms with van der Waals surface area (Å²) in [5, 5.41) is 13.9. The van der Waals surface area contributed by atoms with E-state index in [2.05, 4.69) is 31.4 Å². The molecule has 2 amide bonds. The van der Waals surface area contributed by atoms with Crippen LogP contribution in [0, 0.1) is 11.3 Å². The summed E-state index contributed by atoms with van der Waals surface area (Å²) in [6, 6.07) is 8.78. The Balaban J connectivity index is 2.56. The molecule has 0 unspecified atom stereocenters.